The summed E-state index contributed by atoms with van der Waals surface area (Å²) in [6, 6.07) is 0. The molecule has 0 bridgehead atoms. The fourth-order valence-corrected chi connectivity index (χ4v) is 2.00. The quantitative estimate of drug-likeness (QED) is 0.607. The molecule has 0 aromatic heterocycles. The minimum atomic E-state index is -5.06. The van der Waals surface area contributed by atoms with Gasteiger partial charge in [0, 0.05) is 6.42 Å². The smallest absolute Gasteiger partial charge is 0.422 e. The van der Waals surface area contributed by atoms with Gasteiger partial charge in [0.15, 0.2) is 0 Å². The summed E-state index contributed by atoms with van der Waals surface area (Å²) in [6.07, 6.45) is -2.40. The van der Waals surface area contributed by atoms with Crippen LogP contribution in [0.2, 0.25) is 0 Å². The summed E-state index contributed by atoms with van der Waals surface area (Å²) in [6.45, 7) is 2.85. The van der Waals surface area contributed by atoms with Crippen molar-refractivity contribution in [1.82, 2.24) is 5.32 Å². The van der Waals surface area contributed by atoms with Crippen molar-refractivity contribution in [2.45, 2.75) is 57.7 Å². The Morgan fingerprint density at radius 2 is 1.81 bits per heavy atom. The molecule has 0 heterocycles. The Bertz CT molecular complexity index is 355. The van der Waals surface area contributed by atoms with Crippen molar-refractivity contribution in [3.05, 3.63) is 0 Å². The number of halogens is 3. The molecule has 5 nitrogen and oxygen atoms in total. The normalized spacial score (nSPS) is 16.1. The molecule has 0 aliphatic carbocycles. The third-order valence-corrected chi connectivity index (χ3v) is 3.44. The molecule has 0 aromatic carbocycles. The van der Waals surface area contributed by atoms with E-state index in [9.17, 15) is 22.8 Å². The number of amides is 1. The zero-order valence-electron chi connectivity index (χ0n) is 12.3. The van der Waals surface area contributed by atoms with Crippen LogP contribution in [-0.4, -0.2) is 35.2 Å². The number of hydrogen-bond donors (Lipinski definition) is 3. The maximum atomic E-state index is 12.7. The number of alkyl halides is 3. The van der Waals surface area contributed by atoms with Crippen molar-refractivity contribution in [3.8, 4) is 0 Å². The molecule has 21 heavy (non-hydrogen) atoms. The number of carbonyl (C=O) groups excluding carboxylic acids is 1. The molecule has 0 spiro atoms. The topological polar surface area (TPSA) is 92.4 Å². The Balaban J connectivity index is 4.63. The summed E-state index contributed by atoms with van der Waals surface area (Å²) in [7, 11) is 0. The lowest BCUT2D eigenvalue weighted by molar-refractivity contribution is -0.207. The first-order chi connectivity index (χ1) is 9.58. The highest BCUT2D eigenvalue weighted by molar-refractivity contribution is 5.87. The molecular formula is C13H23F3N2O3. The van der Waals surface area contributed by atoms with Crippen LogP contribution < -0.4 is 11.1 Å². The largest absolute Gasteiger partial charge is 0.479 e. The molecule has 0 fully saturated rings. The Morgan fingerprint density at radius 3 is 2.19 bits per heavy atom. The SMILES string of the molecule is CCCC(CCN)CCC(=O)NC(C)(C(=O)O)C(F)(F)F. The number of carboxylic acid groups (broad SMARTS) is 1. The number of hydrogen-bond acceptors (Lipinski definition) is 3. The summed E-state index contributed by atoms with van der Waals surface area (Å²) >= 11 is 0. The highest BCUT2D eigenvalue weighted by Gasteiger charge is 2.58. The third kappa shape index (κ3) is 5.91. The fraction of sp³-hybridized carbons (Fsp3) is 0.846. The summed E-state index contributed by atoms with van der Waals surface area (Å²) in [5, 5.41) is 10.3. The molecular weight excluding hydrogens is 289 g/mol. The highest BCUT2D eigenvalue weighted by Crippen LogP contribution is 2.30. The Hall–Kier alpha value is -1.31. The van der Waals surface area contributed by atoms with E-state index in [4.69, 9.17) is 10.8 Å². The van der Waals surface area contributed by atoms with Gasteiger partial charge in [0.25, 0.3) is 0 Å². The van der Waals surface area contributed by atoms with Crippen molar-refractivity contribution in [2.75, 3.05) is 6.54 Å². The van der Waals surface area contributed by atoms with Crippen molar-refractivity contribution in [2.24, 2.45) is 11.7 Å². The molecule has 2 atom stereocenters. The lowest BCUT2D eigenvalue weighted by Gasteiger charge is -2.28. The van der Waals surface area contributed by atoms with Crippen LogP contribution in [0.3, 0.4) is 0 Å². The van der Waals surface area contributed by atoms with Crippen LogP contribution in [0.4, 0.5) is 13.2 Å². The second-order valence-corrected chi connectivity index (χ2v) is 5.25. The third-order valence-electron chi connectivity index (χ3n) is 3.44. The number of rotatable bonds is 9. The van der Waals surface area contributed by atoms with Crippen molar-refractivity contribution in [1.29, 1.82) is 0 Å². The maximum absolute atomic E-state index is 12.7. The standard InChI is InChI=1S/C13H23F3N2O3/c1-3-4-9(7-8-17)5-6-10(19)18-12(2,11(20)21)13(14,15)16/h9H,3-8,17H2,1-2H3,(H,18,19)(H,20,21). The molecule has 0 aliphatic rings. The van der Waals surface area contributed by atoms with Crippen molar-refractivity contribution in [3.63, 3.8) is 0 Å². The van der Waals surface area contributed by atoms with Gasteiger partial charge in [0.1, 0.15) is 0 Å². The minimum absolute atomic E-state index is 0.149. The first kappa shape index (κ1) is 19.7. The average molecular weight is 312 g/mol. The Labute approximate surface area is 122 Å². The molecule has 0 saturated heterocycles. The van der Waals surface area contributed by atoms with E-state index in [0.29, 0.717) is 26.3 Å². The van der Waals surface area contributed by atoms with Gasteiger partial charge in [-0.2, -0.15) is 13.2 Å². The zero-order chi connectivity index (χ0) is 16.7. The first-order valence-electron chi connectivity index (χ1n) is 6.89. The lowest BCUT2D eigenvalue weighted by atomic mass is 9.94. The van der Waals surface area contributed by atoms with E-state index in [-0.39, 0.29) is 12.3 Å². The molecule has 0 aromatic rings. The first-order valence-corrected chi connectivity index (χ1v) is 6.89. The van der Waals surface area contributed by atoms with E-state index in [1.807, 2.05) is 6.92 Å². The second-order valence-electron chi connectivity index (χ2n) is 5.25. The fourth-order valence-electron chi connectivity index (χ4n) is 2.00. The van der Waals surface area contributed by atoms with Gasteiger partial charge in [-0.05, 0) is 32.2 Å². The summed E-state index contributed by atoms with van der Waals surface area (Å²) in [4.78, 5) is 22.4. The van der Waals surface area contributed by atoms with E-state index in [1.54, 1.807) is 5.32 Å². The van der Waals surface area contributed by atoms with E-state index < -0.39 is 23.6 Å². The highest BCUT2D eigenvalue weighted by atomic mass is 19.4. The number of carboxylic acids is 1. The summed E-state index contributed by atoms with van der Waals surface area (Å²) in [5.41, 5.74) is 2.17. The average Bonchev–Trinajstić information content (AvgIpc) is 2.34. The van der Waals surface area contributed by atoms with Gasteiger partial charge in [0.2, 0.25) is 11.4 Å². The molecule has 1 amide bonds. The Morgan fingerprint density at radius 1 is 1.24 bits per heavy atom. The monoisotopic (exact) mass is 312 g/mol. The number of carbonyl (C=O) groups is 2. The van der Waals surface area contributed by atoms with E-state index in [2.05, 4.69) is 0 Å². The summed E-state index contributed by atoms with van der Waals surface area (Å²) in [5.74, 6) is -2.89. The predicted octanol–water partition coefficient (Wildman–Crippen LogP) is 2.05. The van der Waals surface area contributed by atoms with Gasteiger partial charge in [0.05, 0.1) is 0 Å². The van der Waals surface area contributed by atoms with Crippen LogP contribution in [0.15, 0.2) is 0 Å². The van der Waals surface area contributed by atoms with Gasteiger partial charge < -0.3 is 16.2 Å². The van der Waals surface area contributed by atoms with Crippen LogP contribution in [0.1, 0.15) is 46.0 Å². The van der Waals surface area contributed by atoms with Crippen LogP contribution in [-0.2, 0) is 9.59 Å². The van der Waals surface area contributed by atoms with E-state index >= 15 is 0 Å². The van der Waals surface area contributed by atoms with Crippen molar-refractivity contribution >= 4 is 11.9 Å². The molecule has 0 aliphatic heterocycles. The second kappa shape index (κ2) is 8.21. The number of nitrogens with one attached hydrogen (secondary N) is 1. The van der Waals surface area contributed by atoms with Gasteiger partial charge in [-0.25, -0.2) is 4.79 Å². The molecule has 0 saturated carbocycles. The van der Waals surface area contributed by atoms with Crippen molar-refractivity contribution < 1.29 is 27.9 Å². The summed E-state index contributed by atoms with van der Waals surface area (Å²) < 4.78 is 38.2. The molecule has 8 heteroatoms. The Kier molecular flexibility index (Phi) is 7.70. The van der Waals surface area contributed by atoms with Gasteiger partial charge >= 0.3 is 12.1 Å². The van der Waals surface area contributed by atoms with Gasteiger partial charge in [-0.1, -0.05) is 19.8 Å². The van der Waals surface area contributed by atoms with Crippen LogP contribution in [0.25, 0.3) is 0 Å². The molecule has 124 valence electrons. The number of aliphatic carboxylic acids is 1. The predicted molar refractivity (Wildman–Crippen MR) is 71.5 cm³/mol. The lowest BCUT2D eigenvalue weighted by Crippen LogP contribution is -2.61. The molecule has 0 rings (SSSR count). The van der Waals surface area contributed by atoms with E-state index in [1.165, 1.54) is 0 Å². The van der Waals surface area contributed by atoms with Crippen LogP contribution in [0.5, 0.6) is 0 Å². The van der Waals surface area contributed by atoms with Crippen LogP contribution in [0, 0.1) is 5.92 Å². The molecule has 0 radical (unpaired) electrons. The molecule has 4 N–H and O–H groups in total. The van der Waals surface area contributed by atoms with Gasteiger partial charge in [-0.15, -0.1) is 0 Å². The van der Waals surface area contributed by atoms with E-state index in [0.717, 1.165) is 12.8 Å². The number of nitrogens with two attached hydrogens (primary N) is 1. The molecule has 2 unspecified atom stereocenters. The zero-order valence-corrected chi connectivity index (χ0v) is 12.3. The van der Waals surface area contributed by atoms with Gasteiger partial charge in [-0.3, -0.25) is 4.79 Å². The minimum Gasteiger partial charge on any atom is -0.479 e. The van der Waals surface area contributed by atoms with Crippen LogP contribution >= 0.6 is 0 Å². The maximum Gasteiger partial charge on any atom is 0.422 e.